The molecule has 0 bridgehead atoms. The number of ether oxygens (including phenoxy) is 1. The van der Waals surface area contributed by atoms with E-state index in [4.69, 9.17) is 10.00 Å². The number of aromatic nitrogens is 1. The summed E-state index contributed by atoms with van der Waals surface area (Å²) in [7, 11) is 0. The number of nitrogens with one attached hydrogen (secondary N) is 1. The number of pyridine rings is 1. The van der Waals surface area contributed by atoms with E-state index in [9.17, 15) is 4.79 Å². The minimum atomic E-state index is -0.497. The number of amides is 1. The second-order valence-corrected chi connectivity index (χ2v) is 4.80. The summed E-state index contributed by atoms with van der Waals surface area (Å²) in [6.45, 7) is 5.86. The summed E-state index contributed by atoms with van der Waals surface area (Å²) in [6, 6.07) is 7.21. The van der Waals surface area contributed by atoms with E-state index < -0.39 is 11.7 Å². The molecule has 0 aliphatic heterocycles. The van der Waals surface area contributed by atoms with Gasteiger partial charge in [-0.3, -0.25) is 0 Å². The van der Waals surface area contributed by atoms with Crippen LogP contribution in [0.4, 0.5) is 4.79 Å². The minimum absolute atomic E-state index is 0.379. The number of nitriles is 1. The van der Waals surface area contributed by atoms with Gasteiger partial charge in [0.1, 0.15) is 17.4 Å². The lowest BCUT2D eigenvalue weighted by Crippen LogP contribution is -2.33. The van der Waals surface area contributed by atoms with Gasteiger partial charge >= 0.3 is 6.09 Å². The van der Waals surface area contributed by atoms with Gasteiger partial charge in [0.15, 0.2) is 0 Å². The van der Waals surface area contributed by atoms with Crippen LogP contribution in [0.3, 0.4) is 0 Å². The Balaban J connectivity index is 2.38. The summed E-state index contributed by atoms with van der Waals surface area (Å²) in [5.41, 5.74) is 0.651. The zero-order valence-corrected chi connectivity index (χ0v) is 10.9. The van der Waals surface area contributed by atoms with Crippen molar-refractivity contribution in [3.63, 3.8) is 0 Å². The molecule has 5 nitrogen and oxygen atoms in total. The van der Waals surface area contributed by atoms with E-state index >= 15 is 0 Å². The van der Waals surface area contributed by atoms with Crippen molar-refractivity contribution >= 4 is 6.09 Å². The Morgan fingerprint density at radius 3 is 2.83 bits per heavy atom. The molecule has 0 unspecified atom stereocenters. The second-order valence-electron chi connectivity index (χ2n) is 4.80. The van der Waals surface area contributed by atoms with Crippen molar-refractivity contribution in [2.24, 2.45) is 0 Å². The predicted octanol–water partition coefficient (Wildman–Crippen LogP) is 2.02. The van der Waals surface area contributed by atoms with Crippen molar-refractivity contribution in [3.8, 4) is 6.07 Å². The van der Waals surface area contributed by atoms with E-state index in [1.54, 1.807) is 12.1 Å². The summed E-state index contributed by atoms with van der Waals surface area (Å²) in [5.74, 6) is 0. The summed E-state index contributed by atoms with van der Waals surface area (Å²) in [6.07, 6.45) is 0.119. The molecule has 0 saturated heterocycles. The fourth-order valence-corrected chi connectivity index (χ4v) is 1.29. The van der Waals surface area contributed by atoms with Crippen LogP contribution in [0.15, 0.2) is 18.2 Å². The quantitative estimate of drug-likeness (QED) is 0.886. The van der Waals surface area contributed by atoms with E-state index in [1.807, 2.05) is 32.9 Å². The van der Waals surface area contributed by atoms with Gasteiger partial charge in [-0.05, 0) is 32.9 Å². The highest BCUT2D eigenvalue weighted by molar-refractivity contribution is 5.67. The number of alkyl carbamates (subject to hydrolysis) is 1. The molecule has 1 rings (SSSR count). The monoisotopic (exact) mass is 247 g/mol. The number of nitrogens with zero attached hydrogens (tertiary/aromatic N) is 2. The topological polar surface area (TPSA) is 75.0 Å². The average molecular weight is 247 g/mol. The summed E-state index contributed by atoms with van der Waals surface area (Å²) < 4.78 is 5.10. The summed E-state index contributed by atoms with van der Waals surface area (Å²) >= 11 is 0. The maximum absolute atomic E-state index is 11.4. The first-order valence-electron chi connectivity index (χ1n) is 5.73. The van der Waals surface area contributed by atoms with Crippen molar-refractivity contribution in [1.29, 1.82) is 5.26 Å². The zero-order chi connectivity index (χ0) is 13.6. The van der Waals surface area contributed by atoms with Crippen LogP contribution < -0.4 is 5.32 Å². The van der Waals surface area contributed by atoms with Crippen LogP contribution in [-0.2, 0) is 11.2 Å². The molecule has 0 atom stereocenters. The second kappa shape index (κ2) is 6.01. The van der Waals surface area contributed by atoms with Crippen LogP contribution >= 0.6 is 0 Å². The lowest BCUT2D eigenvalue weighted by Gasteiger charge is -2.19. The van der Waals surface area contributed by atoms with Gasteiger partial charge in [0, 0.05) is 18.7 Å². The van der Waals surface area contributed by atoms with Gasteiger partial charge in [-0.1, -0.05) is 6.07 Å². The number of rotatable bonds is 3. The van der Waals surface area contributed by atoms with Gasteiger partial charge in [0.05, 0.1) is 0 Å². The highest BCUT2D eigenvalue weighted by atomic mass is 16.6. The molecule has 18 heavy (non-hydrogen) atoms. The number of carbonyl (C=O) groups excluding carboxylic acids is 1. The fraction of sp³-hybridized carbons (Fsp3) is 0.462. The van der Waals surface area contributed by atoms with Crippen molar-refractivity contribution in [2.45, 2.75) is 32.8 Å². The van der Waals surface area contributed by atoms with E-state index in [2.05, 4.69) is 10.3 Å². The van der Waals surface area contributed by atoms with E-state index in [0.717, 1.165) is 5.69 Å². The molecule has 0 aliphatic carbocycles. The molecule has 1 amide bonds. The third-order valence-corrected chi connectivity index (χ3v) is 1.97. The first kappa shape index (κ1) is 14.0. The smallest absolute Gasteiger partial charge is 0.407 e. The third-order valence-electron chi connectivity index (χ3n) is 1.97. The van der Waals surface area contributed by atoms with E-state index in [1.165, 1.54) is 0 Å². The third kappa shape index (κ3) is 5.30. The molecule has 96 valence electrons. The first-order chi connectivity index (χ1) is 8.40. The highest BCUT2D eigenvalue weighted by Crippen LogP contribution is 2.06. The van der Waals surface area contributed by atoms with Crippen LogP contribution in [0.25, 0.3) is 0 Å². The Morgan fingerprint density at radius 1 is 1.50 bits per heavy atom. The van der Waals surface area contributed by atoms with Crippen LogP contribution in [0.1, 0.15) is 32.2 Å². The van der Waals surface area contributed by atoms with Crippen LogP contribution in [0, 0.1) is 11.3 Å². The minimum Gasteiger partial charge on any atom is -0.444 e. The Hall–Kier alpha value is -2.09. The van der Waals surface area contributed by atoms with Gasteiger partial charge in [-0.25, -0.2) is 9.78 Å². The maximum Gasteiger partial charge on any atom is 0.407 e. The molecule has 0 fully saturated rings. The standard InChI is InChI=1S/C13H17N3O2/c1-13(2,3)18-12(17)15-8-7-10-5-4-6-11(9-14)16-10/h4-6H,7-8H2,1-3H3,(H,15,17). The van der Waals surface area contributed by atoms with E-state index in [0.29, 0.717) is 18.7 Å². The average Bonchev–Trinajstić information content (AvgIpc) is 2.27. The zero-order valence-electron chi connectivity index (χ0n) is 10.9. The van der Waals surface area contributed by atoms with Crippen LogP contribution in [-0.4, -0.2) is 23.2 Å². The number of hydrogen-bond donors (Lipinski definition) is 1. The largest absolute Gasteiger partial charge is 0.444 e. The highest BCUT2D eigenvalue weighted by Gasteiger charge is 2.15. The summed E-state index contributed by atoms with van der Waals surface area (Å²) in [5, 5.41) is 11.3. The van der Waals surface area contributed by atoms with Gasteiger partial charge in [-0.15, -0.1) is 0 Å². The van der Waals surface area contributed by atoms with Crippen molar-refractivity contribution in [1.82, 2.24) is 10.3 Å². The van der Waals surface area contributed by atoms with Crippen molar-refractivity contribution in [3.05, 3.63) is 29.6 Å². The maximum atomic E-state index is 11.4. The van der Waals surface area contributed by atoms with Gasteiger partial charge < -0.3 is 10.1 Å². The molecule has 5 heteroatoms. The molecule has 0 saturated carbocycles. The Kier molecular flexibility index (Phi) is 4.67. The Bertz CT molecular complexity index is 458. The van der Waals surface area contributed by atoms with Gasteiger partial charge in [0.25, 0.3) is 0 Å². The lowest BCUT2D eigenvalue weighted by molar-refractivity contribution is 0.0528. The fourth-order valence-electron chi connectivity index (χ4n) is 1.29. The molecule has 1 aromatic heterocycles. The predicted molar refractivity (Wildman–Crippen MR) is 66.9 cm³/mol. The van der Waals surface area contributed by atoms with E-state index in [-0.39, 0.29) is 0 Å². The summed E-state index contributed by atoms with van der Waals surface area (Å²) in [4.78, 5) is 15.5. The molecule has 1 aromatic rings. The van der Waals surface area contributed by atoms with Gasteiger partial charge in [-0.2, -0.15) is 5.26 Å². The molecule has 0 aromatic carbocycles. The SMILES string of the molecule is CC(C)(C)OC(=O)NCCc1cccc(C#N)n1. The molecule has 0 aliphatic rings. The number of hydrogen-bond acceptors (Lipinski definition) is 4. The number of carbonyl (C=O) groups is 1. The first-order valence-corrected chi connectivity index (χ1v) is 5.73. The molecular formula is C13H17N3O2. The molecule has 1 N–H and O–H groups in total. The molecule has 1 heterocycles. The molecule has 0 radical (unpaired) electrons. The van der Waals surface area contributed by atoms with Crippen LogP contribution in [0.2, 0.25) is 0 Å². The lowest BCUT2D eigenvalue weighted by atomic mass is 10.2. The van der Waals surface area contributed by atoms with Crippen molar-refractivity contribution in [2.75, 3.05) is 6.54 Å². The normalized spacial score (nSPS) is 10.6. The van der Waals surface area contributed by atoms with Crippen molar-refractivity contribution < 1.29 is 9.53 Å². The molecule has 0 spiro atoms. The Morgan fingerprint density at radius 2 is 2.22 bits per heavy atom. The Labute approximate surface area is 107 Å². The van der Waals surface area contributed by atoms with Crippen LogP contribution in [0.5, 0.6) is 0 Å². The van der Waals surface area contributed by atoms with Gasteiger partial charge in [0.2, 0.25) is 0 Å². The molecular weight excluding hydrogens is 230 g/mol.